The maximum absolute atomic E-state index is 12.8. The van der Waals surface area contributed by atoms with Crippen LogP contribution in [0.15, 0.2) is 30.5 Å². The fraction of sp³-hybridized carbons (Fsp3) is 0.409. The van der Waals surface area contributed by atoms with Gasteiger partial charge in [0.05, 0.1) is 5.69 Å². The van der Waals surface area contributed by atoms with Gasteiger partial charge in [0, 0.05) is 22.6 Å². The number of carbonyl (C=O) groups is 1. The highest BCUT2D eigenvalue weighted by Crippen LogP contribution is 2.24. The Morgan fingerprint density at radius 3 is 2.85 bits per heavy atom. The minimum Gasteiger partial charge on any atom is -0.361 e. The number of aromatic nitrogens is 3. The van der Waals surface area contributed by atoms with Crippen LogP contribution in [0.5, 0.6) is 0 Å². The Hall–Kier alpha value is -2.69. The summed E-state index contributed by atoms with van der Waals surface area (Å²) >= 11 is 0. The summed E-state index contributed by atoms with van der Waals surface area (Å²) in [6, 6.07) is 8.33. The summed E-state index contributed by atoms with van der Waals surface area (Å²) in [4.78, 5) is 16.1. The molecule has 5 heteroatoms. The van der Waals surface area contributed by atoms with E-state index in [1.54, 1.807) is 0 Å². The molecule has 0 aliphatic heterocycles. The van der Waals surface area contributed by atoms with Crippen LogP contribution in [0.4, 0.5) is 0 Å². The molecule has 0 unspecified atom stereocenters. The van der Waals surface area contributed by atoms with Crippen LogP contribution < -0.4 is 5.32 Å². The first-order valence-electron chi connectivity index (χ1n) is 9.66. The van der Waals surface area contributed by atoms with Gasteiger partial charge in [-0.2, -0.15) is 5.10 Å². The molecular weight excluding hydrogens is 336 g/mol. The second-order valence-corrected chi connectivity index (χ2v) is 8.29. The van der Waals surface area contributed by atoms with Gasteiger partial charge in [0.2, 0.25) is 0 Å². The molecule has 0 bridgehead atoms. The van der Waals surface area contributed by atoms with Crippen molar-refractivity contribution in [2.45, 2.75) is 58.4 Å². The van der Waals surface area contributed by atoms with Crippen molar-refractivity contribution in [1.82, 2.24) is 20.5 Å². The lowest BCUT2D eigenvalue weighted by Gasteiger charge is -2.26. The molecule has 2 aromatic heterocycles. The van der Waals surface area contributed by atoms with Crippen LogP contribution in [-0.4, -0.2) is 26.6 Å². The Balaban J connectivity index is 1.51. The SMILES string of the molecule is Cc1ccc2c(CC(C)(C)NC(=O)c3cc4c(nn3)CCCC4)c[nH]c2c1. The van der Waals surface area contributed by atoms with E-state index in [9.17, 15) is 4.79 Å². The van der Waals surface area contributed by atoms with E-state index in [4.69, 9.17) is 0 Å². The molecule has 27 heavy (non-hydrogen) atoms. The Morgan fingerprint density at radius 1 is 1.19 bits per heavy atom. The van der Waals surface area contributed by atoms with Crippen molar-refractivity contribution >= 4 is 16.8 Å². The van der Waals surface area contributed by atoms with Crippen molar-refractivity contribution in [3.63, 3.8) is 0 Å². The van der Waals surface area contributed by atoms with Crippen LogP contribution in [0.2, 0.25) is 0 Å². The van der Waals surface area contributed by atoms with E-state index in [0.717, 1.165) is 43.3 Å². The number of carbonyl (C=O) groups excluding carboxylic acids is 1. The van der Waals surface area contributed by atoms with Gasteiger partial charge >= 0.3 is 0 Å². The van der Waals surface area contributed by atoms with Gasteiger partial charge in [-0.3, -0.25) is 4.79 Å². The number of aromatic amines is 1. The number of hydrogen-bond acceptors (Lipinski definition) is 3. The number of H-pyrrole nitrogens is 1. The summed E-state index contributed by atoms with van der Waals surface area (Å²) < 4.78 is 0. The van der Waals surface area contributed by atoms with Gasteiger partial charge in [-0.25, -0.2) is 0 Å². The van der Waals surface area contributed by atoms with Gasteiger partial charge in [0.1, 0.15) is 0 Å². The maximum Gasteiger partial charge on any atom is 0.272 e. The molecule has 2 N–H and O–H groups in total. The summed E-state index contributed by atoms with van der Waals surface area (Å²) in [7, 11) is 0. The van der Waals surface area contributed by atoms with Crippen molar-refractivity contribution in [2.75, 3.05) is 0 Å². The van der Waals surface area contributed by atoms with E-state index in [1.807, 2.05) is 26.1 Å². The van der Waals surface area contributed by atoms with Gasteiger partial charge in [-0.1, -0.05) is 12.1 Å². The predicted molar refractivity (Wildman–Crippen MR) is 107 cm³/mol. The lowest BCUT2D eigenvalue weighted by atomic mass is 9.93. The van der Waals surface area contributed by atoms with Crippen molar-refractivity contribution < 1.29 is 4.79 Å². The Labute approximate surface area is 159 Å². The summed E-state index contributed by atoms with van der Waals surface area (Å²) in [5, 5.41) is 12.8. The molecule has 0 spiro atoms. The van der Waals surface area contributed by atoms with E-state index in [1.165, 1.54) is 22.1 Å². The molecule has 140 valence electrons. The van der Waals surface area contributed by atoms with Gasteiger partial charge in [-0.05, 0) is 81.7 Å². The van der Waals surface area contributed by atoms with E-state index < -0.39 is 5.54 Å². The molecular formula is C22H26N4O. The zero-order valence-electron chi connectivity index (χ0n) is 16.2. The van der Waals surface area contributed by atoms with Crippen molar-refractivity contribution in [3.8, 4) is 0 Å². The second-order valence-electron chi connectivity index (χ2n) is 8.29. The van der Waals surface area contributed by atoms with E-state index in [2.05, 4.69) is 45.6 Å². The quantitative estimate of drug-likeness (QED) is 0.739. The molecule has 1 aromatic carbocycles. The third-order valence-corrected chi connectivity index (χ3v) is 5.31. The van der Waals surface area contributed by atoms with Crippen molar-refractivity contribution in [2.24, 2.45) is 0 Å². The van der Waals surface area contributed by atoms with E-state index in [0.29, 0.717) is 5.69 Å². The fourth-order valence-corrected chi connectivity index (χ4v) is 3.94. The molecule has 0 atom stereocenters. The molecule has 0 saturated heterocycles. The summed E-state index contributed by atoms with van der Waals surface area (Å²) in [6.07, 6.45) is 7.05. The van der Waals surface area contributed by atoms with Gasteiger partial charge in [-0.15, -0.1) is 5.10 Å². The maximum atomic E-state index is 12.8. The van der Waals surface area contributed by atoms with Crippen molar-refractivity contribution in [3.05, 3.63) is 58.5 Å². The number of aryl methyl sites for hydroxylation is 3. The third-order valence-electron chi connectivity index (χ3n) is 5.31. The smallest absolute Gasteiger partial charge is 0.272 e. The van der Waals surface area contributed by atoms with E-state index in [-0.39, 0.29) is 5.91 Å². The van der Waals surface area contributed by atoms with Crippen LogP contribution in [0, 0.1) is 6.92 Å². The molecule has 4 rings (SSSR count). The Bertz CT molecular complexity index is 1000. The highest BCUT2D eigenvalue weighted by Gasteiger charge is 2.25. The van der Waals surface area contributed by atoms with Crippen LogP contribution in [-0.2, 0) is 19.3 Å². The number of benzene rings is 1. The molecule has 5 nitrogen and oxygen atoms in total. The van der Waals surface area contributed by atoms with Gasteiger partial charge in [0.15, 0.2) is 5.69 Å². The van der Waals surface area contributed by atoms with Crippen LogP contribution >= 0.6 is 0 Å². The zero-order valence-corrected chi connectivity index (χ0v) is 16.2. The number of nitrogens with one attached hydrogen (secondary N) is 2. The minimum absolute atomic E-state index is 0.156. The van der Waals surface area contributed by atoms with Crippen LogP contribution in [0.25, 0.3) is 10.9 Å². The number of rotatable bonds is 4. The average molecular weight is 362 g/mol. The number of nitrogens with zero attached hydrogens (tertiary/aromatic N) is 2. The first kappa shape index (κ1) is 17.7. The summed E-state index contributed by atoms with van der Waals surface area (Å²) in [6.45, 7) is 6.18. The number of hydrogen-bond donors (Lipinski definition) is 2. The predicted octanol–water partition coefficient (Wildman–Crippen LogP) is 3.90. The largest absolute Gasteiger partial charge is 0.361 e. The fourth-order valence-electron chi connectivity index (χ4n) is 3.94. The third kappa shape index (κ3) is 3.72. The average Bonchev–Trinajstić information content (AvgIpc) is 3.02. The zero-order chi connectivity index (χ0) is 19.0. The molecule has 0 fully saturated rings. The number of amides is 1. The lowest BCUT2D eigenvalue weighted by molar-refractivity contribution is 0.0906. The van der Waals surface area contributed by atoms with Gasteiger partial charge in [0.25, 0.3) is 5.91 Å². The highest BCUT2D eigenvalue weighted by molar-refractivity contribution is 5.93. The monoisotopic (exact) mass is 362 g/mol. The molecule has 1 amide bonds. The molecule has 0 saturated carbocycles. The topological polar surface area (TPSA) is 70.7 Å². The van der Waals surface area contributed by atoms with Gasteiger partial charge < -0.3 is 10.3 Å². The van der Waals surface area contributed by atoms with Crippen molar-refractivity contribution in [1.29, 1.82) is 0 Å². The highest BCUT2D eigenvalue weighted by atomic mass is 16.2. The summed E-state index contributed by atoms with van der Waals surface area (Å²) in [5.74, 6) is -0.156. The molecule has 1 aliphatic carbocycles. The standard InChI is InChI=1S/C22H26N4O/c1-14-8-9-17-16(13-23-19(17)10-14)12-22(2,3)24-21(27)20-11-15-6-4-5-7-18(15)25-26-20/h8-11,13,23H,4-7,12H2,1-3H3,(H,24,27). The van der Waals surface area contributed by atoms with Crippen LogP contribution in [0.1, 0.15) is 59.6 Å². The first-order valence-corrected chi connectivity index (χ1v) is 9.66. The molecule has 2 heterocycles. The van der Waals surface area contributed by atoms with Crippen LogP contribution in [0.3, 0.4) is 0 Å². The Kier molecular flexibility index (Phi) is 4.46. The number of fused-ring (bicyclic) bond motifs is 2. The lowest BCUT2D eigenvalue weighted by Crippen LogP contribution is -2.45. The minimum atomic E-state index is -0.394. The first-order chi connectivity index (χ1) is 12.9. The molecule has 0 radical (unpaired) electrons. The Morgan fingerprint density at radius 2 is 2.00 bits per heavy atom. The normalized spacial score (nSPS) is 14.2. The van der Waals surface area contributed by atoms with E-state index >= 15 is 0 Å². The second kappa shape index (κ2) is 6.80. The molecule has 3 aromatic rings. The molecule has 1 aliphatic rings. The summed E-state index contributed by atoms with van der Waals surface area (Å²) in [5.41, 5.74) is 5.80.